The lowest BCUT2D eigenvalue weighted by molar-refractivity contribution is -0.143. The summed E-state index contributed by atoms with van der Waals surface area (Å²) < 4.78 is 17.8. The van der Waals surface area contributed by atoms with Crippen LogP contribution in [0.1, 0.15) is 43.4 Å². The minimum atomic E-state index is -0.693. The Labute approximate surface area is 207 Å². The van der Waals surface area contributed by atoms with Gasteiger partial charge in [0.05, 0.1) is 12.0 Å². The second kappa shape index (κ2) is 11.6. The molecule has 0 saturated carbocycles. The molecule has 0 bridgehead atoms. The molecular weight excluding hydrogens is 454 g/mol. The van der Waals surface area contributed by atoms with Gasteiger partial charge in [-0.25, -0.2) is 0 Å². The summed E-state index contributed by atoms with van der Waals surface area (Å²) in [5.74, 6) is 1.53. The number of benzene rings is 2. The number of hydrogen-bond acceptors (Lipinski definition) is 5. The molecule has 1 saturated heterocycles. The van der Waals surface area contributed by atoms with Crippen LogP contribution in [0.15, 0.2) is 42.0 Å². The number of aliphatic carboxylic acids is 1. The van der Waals surface area contributed by atoms with Gasteiger partial charge in [0.2, 0.25) is 0 Å². The van der Waals surface area contributed by atoms with Crippen molar-refractivity contribution in [2.24, 2.45) is 5.92 Å². The molecule has 0 spiro atoms. The van der Waals surface area contributed by atoms with Crippen molar-refractivity contribution in [1.82, 2.24) is 4.90 Å². The van der Waals surface area contributed by atoms with Crippen LogP contribution in [0, 0.1) is 12.8 Å². The van der Waals surface area contributed by atoms with Crippen LogP contribution in [-0.4, -0.2) is 48.3 Å². The minimum Gasteiger partial charge on any atom is -0.491 e. The van der Waals surface area contributed by atoms with Crippen molar-refractivity contribution in [3.8, 4) is 17.2 Å². The highest BCUT2D eigenvalue weighted by molar-refractivity contribution is 5.85. The standard InChI is InChI=1S/C27H33NO5.ClH/c1-18(2)33-25-9-6-20(11-19(25)3)16-31-24-8-7-22-12-21(17-32-26(22)13-24)14-28-10-4-5-23(15-28)27(29)30;/h6-9,11-13,18,23H,4-5,10,14-17H2,1-3H3,(H,29,30);1H/t23-;/m0./s1. The van der Waals surface area contributed by atoms with Gasteiger partial charge in [0, 0.05) is 24.7 Å². The van der Waals surface area contributed by atoms with Gasteiger partial charge < -0.3 is 19.3 Å². The largest absolute Gasteiger partial charge is 0.491 e. The summed E-state index contributed by atoms with van der Waals surface area (Å²) in [4.78, 5) is 13.5. The van der Waals surface area contributed by atoms with Gasteiger partial charge in [-0.3, -0.25) is 9.69 Å². The van der Waals surface area contributed by atoms with Crippen molar-refractivity contribution in [3.05, 3.63) is 58.7 Å². The van der Waals surface area contributed by atoms with Gasteiger partial charge >= 0.3 is 5.97 Å². The highest BCUT2D eigenvalue weighted by Gasteiger charge is 2.26. The van der Waals surface area contributed by atoms with Crippen LogP contribution in [0.2, 0.25) is 0 Å². The molecule has 2 aliphatic heterocycles. The maximum absolute atomic E-state index is 11.3. The molecule has 34 heavy (non-hydrogen) atoms. The van der Waals surface area contributed by atoms with Crippen LogP contribution in [0.3, 0.4) is 0 Å². The van der Waals surface area contributed by atoms with Gasteiger partial charge in [-0.15, -0.1) is 12.4 Å². The Kier molecular flexibility index (Phi) is 8.86. The number of nitrogens with zero attached hydrogens (tertiary/aromatic N) is 1. The van der Waals surface area contributed by atoms with Crippen molar-refractivity contribution in [1.29, 1.82) is 0 Å². The van der Waals surface area contributed by atoms with Gasteiger partial charge in [-0.1, -0.05) is 6.07 Å². The molecule has 1 atom stereocenters. The first-order valence-electron chi connectivity index (χ1n) is 11.7. The Morgan fingerprint density at radius 3 is 2.79 bits per heavy atom. The molecule has 6 nitrogen and oxygen atoms in total. The molecule has 0 radical (unpaired) electrons. The van der Waals surface area contributed by atoms with Crippen molar-refractivity contribution >= 4 is 24.5 Å². The van der Waals surface area contributed by atoms with E-state index in [1.54, 1.807) is 0 Å². The fraction of sp³-hybridized carbons (Fsp3) is 0.444. The minimum absolute atomic E-state index is 0. The van der Waals surface area contributed by atoms with E-state index >= 15 is 0 Å². The van der Waals surface area contributed by atoms with E-state index in [2.05, 4.69) is 17.0 Å². The lowest BCUT2D eigenvalue weighted by Crippen LogP contribution is -2.40. The summed E-state index contributed by atoms with van der Waals surface area (Å²) in [6.07, 6.45) is 4.00. The molecule has 1 N–H and O–H groups in total. The molecule has 2 aromatic rings. The van der Waals surface area contributed by atoms with Crippen LogP contribution < -0.4 is 14.2 Å². The summed E-state index contributed by atoms with van der Waals surface area (Å²) in [6.45, 7) is 9.37. The number of hydrogen-bond donors (Lipinski definition) is 1. The van der Waals surface area contributed by atoms with E-state index in [1.807, 2.05) is 51.1 Å². The maximum Gasteiger partial charge on any atom is 0.307 e. The number of piperidine rings is 1. The van der Waals surface area contributed by atoms with Crippen LogP contribution in [-0.2, 0) is 11.4 Å². The number of halogens is 1. The lowest BCUT2D eigenvalue weighted by Gasteiger charge is -2.32. The summed E-state index contributed by atoms with van der Waals surface area (Å²) >= 11 is 0. The second-order valence-electron chi connectivity index (χ2n) is 9.26. The summed E-state index contributed by atoms with van der Waals surface area (Å²) in [5.41, 5.74) is 4.38. The van der Waals surface area contributed by atoms with Gasteiger partial charge in [0.15, 0.2) is 0 Å². The van der Waals surface area contributed by atoms with Gasteiger partial charge in [-0.05, 0) is 87.2 Å². The zero-order valence-electron chi connectivity index (χ0n) is 20.1. The molecule has 2 aliphatic rings. The Morgan fingerprint density at radius 2 is 2.06 bits per heavy atom. The van der Waals surface area contributed by atoms with Crippen molar-refractivity contribution in [3.63, 3.8) is 0 Å². The lowest BCUT2D eigenvalue weighted by atomic mass is 9.97. The monoisotopic (exact) mass is 487 g/mol. The third kappa shape index (κ3) is 6.67. The molecule has 7 heteroatoms. The van der Waals surface area contributed by atoms with Crippen molar-refractivity contribution in [2.45, 2.75) is 46.3 Å². The first-order chi connectivity index (χ1) is 15.9. The molecule has 4 rings (SSSR count). The van der Waals surface area contributed by atoms with Crippen LogP contribution >= 0.6 is 12.4 Å². The number of ether oxygens (including phenoxy) is 3. The number of carboxylic acids is 1. The molecule has 0 amide bonds. The normalized spacial score (nSPS) is 17.8. The average Bonchev–Trinajstić information content (AvgIpc) is 2.79. The Balaban J connectivity index is 0.00000324. The molecule has 1 fully saturated rings. The first kappa shape index (κ1) is 25.9. The van der Waals surface area contributed by atoms with Gasteiger partial charge in [0.25, 0.3) is 0 Å². The van der Waals surface area contributed by atoms with E-state index < -0.39 is 5.97 Å². The van der Waals surface area contributed by atoms with E-state index in [9.17, 15) is 9.90 Å². The smallest absolute Gasteiger partial charge is 0.307 e. The van der Waals surface area contributed by atoms with Crippen LogP contribution in [0.4, 0.5) is 0 Å². The number of carboxylic acid groups (broad SMARTS) is 1. The summed E-state index contributed by atoms with van der Waals surface area (Å²) in [7, 11) is 0. The fourth-order valence-corrected chi connectivity index (χ4v) is 4.41. The van der Waals surface area contributed by atoms with Gasteiger partial charge in [0.1, 0.15) is 30.5 Å². The van der Waals surface area contributed by atoms with Gasteiger partial charge in [-0.2, -0.15) is 0 Å². The quantitative estimate of drug-likeness (QED) is 0.541. The first-order valence-corrected chi connectivity index (χ1v) is 11.7. The number of fused-ring (bicyclic) bond motifs is 1. The number of rotatable bonds is 8. The van der Waals surface area contributed by atoms with Crippen LogP contribution in [0.5, 0.6) is 17.2 Å². The summed E-state index contributed by atoms with van der Waals surface area (Å²) in [6, 6.07) is 12.0. The Hall–Kier alpha value is -2.70. The molecule has 2 aromatic carbocycles. The third-order valence-electron chi connectivity index (χ3n) is 6.05. The fourth-order valence-electron chi connectivity index (χ4n) is 4.41. The molecule has 2 heterocycles. The predicted molar refractivity (Wildman–Crippen MR) is 135 cm³/mol. The second-order valence-corrected chi connectivity index (χ2v) is 9.26. The highest BCUT2D eigenvalue weighted by atomic mass is 35.5. The highest BCUT2D eigenvalue weighted by Crippen LogP contribution is 2.31. The van der Waals surface area contributed by atoms with E-state index in [0.717, 1.165) is 59.9 Å². The number of likely N-dealkylation sites (tertiary alicyclic amines) is 1. The average molecular weight is 488 g/mol. The predicted octanol–water partition coefficient (Wildman–Crippen LogP) is 5.36. The Bertz CT molecular complexity index is 1040. The van der Waals surface area contributed by atoms with Crippen molar-refractivity contribution < 1.29 is 24.1 Å². The third-order valence-corrected chi connectivity index (χ3v) is 6.05. The zero-order valence-corrected chi connectivity index (χ0v) is 20.9. The SMILES string of the molecule is Cc1cc(COc2ccc3c(c2)OCC(CN2CCC[C@H](C(=O)O)C2)=C3)ccc1OC(C)C.Cl. The molecular formula is C27H34ClNO5. The number of aryl methyl sites for hydroxylation is 1. The van der Waals surface area contributed by atoms with E-state index in [0.29, 0.717) is 19.8 Å². The maximum atomic E-state index is 11.3. The van der Waals surface area contributed by atoms with E-state index in [1.165, 1.54) is 5.57 Å². The van der Waals surface area contributed by atoms with E-state index in [-0.39, 0.29) is 24.4 Å². The topological polar surface area (TPSA) is 68.2 Å². The summed E-state index contributed by atoms with van der Waals surface area (Å²) in [5, 5.41) is 9.31. The van der Waals surface area contributed by atoms with Crippen molar-refractivity contribution in [2.75, 3.05) is 26.2 Å². The number of carbonyl (C=O) groups is 1. The Morgan fingerprint density at radius 1 is 1.24 bits per heavy atom. The molecule has 184 valence electrons. The molecule has 0 aliphatic carbocycles. The molecule has 0 unspecified atom stereocenters. The molecule has 0 aromatic heterocycles. The van der Waals surface area contributed by atoms with Crippen LogP contribution in [0.25, 0.3) is 6.08 Å². The zero-order chi connectivity index (χ0) is 23.4. The van der Waals surface area contributed by atoms with E-state index in [4.69, 9.17) is 14.2 Å².